The normalized spacial score (nSPS) is 28.8. The Morgan fingerprint density at radius 1 is 0.652 bits per heavy atom. The molecule has 23 nitrogen and oxygen atoms in total. The highest BCUT2D eigenvalue weighted by Gasteiger charge is 2.60. The molecule has 4 rings (SSSR count). The Morgan fingerprint density at radius 3 is 1.69 bits per heavy atom. The minimum atomic E-state index is -3.12. The Balaban J connectivity index is 1.40. The molecular weight excluding hydrogens is 1220 g/mol. The smallest absolute Gasteiger partial charge is 0.364 e. The zero-order valence-corrected chi connectivity index (χ0v) is 54.3. The summed E-state index contributed by atoms with van der Waals surface area (Å²) in [6.45, 7) is 1.01. The monoisotopic (exact) mass is 1330 g/mol. The van der Waals surface area contributed by atoms with Gasteiger partial charge >= 0.3 is 5.97 Å². The second-order valence-electron chi connectivity index (χ2n) is 24.6. The number of hydrogen-bond donors (Lipinski definition) is 14. The van der Waals surface area contributed by atoms with Crippen LogP contribution in [-0.2, 0) is 49.2 Å². The van der Waals surface area contributed by atoms with Gasteiger partial charge in [0.05, 0.1) is 57.1 Å². The van der Waals surface area contributed by atoms with E-state index in [-0.39, 0.29) is 18.7 Å². The van der Waals surface area contributed by atoms with E-state index in [2.05, 4.69) is 40.4 Å². The van der Waals surface area contributed by atoms with Crippen molar-refractivity contribution >= 4 is 33.7 Å². The molecule has 1 aromatic carbocycles. The van der Waals surface area contributed by atoms with E-state index in [0.29, 0.717) is 18.4 Å². The summed E-state index contributed by atoms with van der Waals surface area (Å²) in [5.41, 5.74) is 0.528. The molecule has 0 spiro atoms. The van der Waals surface area contributed by atoms with Crippen molar-refractivity contribution in [3.05, 3.63) is 46.5 Å². The molecule has 3 aliphatic rings. The van der Waals surface area contributed by atoms with E-state index in [1.54, 1.807) is 30.3 Å². The number of ether oxygens (including phenoxy) is 6. The number of carboxylic acids is 1. The molecule has 14 N–H and O–H groups in total. The van der Waals surface area contributed by atoms with Gasteiger partial charge in [-0.3, -0.25) is 9.59 Å². The molecule has 3 heterocycles. The molecule has 1 unspecified atom stereocenters. The van der Waals surface area contributed by atoms with Crippen LogP contribution in [0.5, 0.6) is 0 Å². The molecule has 0 radical (unpaired) electrons. The van der Waals surface area contributed by atoms with Gasteiger partial charge in [-0.15, -0.1) is 0 Å². The van der Waals surface area contributed by atoms with E-state index in [1.807, 2.05) is 6.08 Å². The molecule has 2 amide bonds. The van der Waals surface area contributed by atoms with Crippen molar-refractivity contribution in [3.8, 4) is 0 Å². The number of nitrogens with one attached hydrogen (secondary N) is 2. The van der Waals surface area contributed by atoms with Crippen LogP contribution in [-0.4, -0.2) is 215 Å². The quantitative estimate of drug-likeness (QED) is 0.0296. The first-order valence-corrected chi connectivity index (χ1v) is 34.1. The molecule has 89 heavy (non-hydrogen) atoms. The number of carbonyl (C=O) groups is 3. The van der Waals surface area contributed by atoms with Crippen LogP contribution in [0.4, 0.5) is 0 Å². The Labute approximate surface area is 535 Å². The third kappa shape index (κ3) is 27.2. The van der Waals surface area contributed by atoms with Gasteiger partial charge in [0.15, 0.2) is 12.6 Å². The fourth-order valence-corrected chi connectivity index (χ4v) is 12.0. The molecule has 1 aromatic rings. The molecule has 3 saturated heterocycles. The number of rotatable bonds is 47. The zero-order chi connectivity index (χ0) is 65.1. The highest BCUT2D eigenvalue weighted by Crippen LogP contribution is 2.39. The molecule has 24 heteroatoms. The van der Waals surface area contributed by atoms with E-state index in [4.69, 9.17) is 28.4 Å². The SMILES string of the molecule is CCCCCCCCCCCCC/C=C/[C@@H](O)[C@H](CO[C@@H]1O[C@H](CO)[C@@H](O[C@@H]2O[C@H](CO)[C@H](O)[C@H](O[C@]3(C(=O)O)C[C@H](O)[C@@H](NC(=O)Cc4ccc(Br)cc4)C([C@@H](O)[C@H](O)CO)O3)[C@H]2O)[C@H](O)[C@H]1O)NC(=O)CCCCCCCCCCCCCCCCC. The lowest BCUT2D eigenvalue weighted by atomic mass is 9.88. The number of aliphatic hydroxyl groups is 11. The molecule has 0 aliphatic carbocycles. The maximum atomic E-state index is 13.4. The maximum Gasteiger partial charge on any atom is 0.364 e. The minimum absolute atomic E-state index is 0.199. The lowest BCUT2D eigenvalue weighted by molar-refractivity contribution is -0.386. The van der Waals surface area contributed by atoms with Crippen LogP contribution in [0.25, 0.3) is 0 Å². The molecule has 0 saturated carbocycles. The van der Waals surface area contributed by atoms with Gasteiger partial charge in [0.2, 0.25) is 11.8 Å². The van der Waals surface area contributed by atoms with Crippen molar-refractivity contribution in [3.63, 3.8) is 0 Å². The van der Waals surface area contributed by atoms with Crippen molar-refractivity contribution in [2.75, 3.05) is 26.4 Å². The van der Waals surface area contributed by atoms with E-state index >= 15 is 0 Å². The van der Waals surface area contributed by atoms with E-state index in [0.717, 1.165) is 49.4 Å². The predicted octanol–water partition coefficient (Wildman–Crippen LogP) is 5.15. The molecule has 514 valence electrons. The summed E-state index contributed by atoms with van der Waals surface area (Å²) in [6.07, 6.45) is 4.86. The van der Waals surface area contributed by atoms with Crippen molar-refractivity contribution in [2.45, 2.75) is 316 Å². The second kappa shape index (κ2) is 44.0. The van der Waals surface area contributed by atoms with Crippen LogP contribution in [0.2, 0.25) is 0 Å². The van der Waals surface area contributed by atoms with Crippen LogP contribution in [0.3, 0.4) is 0 Å². The van der Waals surface area contributed by atoms with Crippen LogP contribution < -0.4 is 10.6 Å². The molecule has 0 aromatic heterocycles. The van der Waals surface area contributed by atoms with E-state index in [1.165, 1.54) is 116 Å². The van der Waals surface area contributed by atoms with Gasteiger partial charge in [0.25, 0.3) is 5.79 Å². The standard InChI is InChI=1S/C65H111BrN2O21/c1-3-5-7-9-11-13-15-17-18-20-22-24-26-28-30-32-51(75)67-45(46(72)31-29-27-25-23-21-19-16-14-12-10-8-6-4-2)42-84-62-57(80)56(79)59(50(41-71)86-62)87-63-58(81)61(55(78)49(40-70)85-63)89-65(64(82)83)38-47(73)53(60(88-65)54(77)48(74)39-69)68-52(76)37-43-33-35-44(66)36-34-43/h29,31,33-36,45-50,53-63,69-74,77-81H,3-28,30,32,37-42H2,1-2H3,(H,67,75)(H,68,76)(H,82,83)/b31-29+/t45-,46+,47-,48+,49+,50+,53+,54-,55-,56+,57+,58+,59+,60?,61-,62+,63-,65-/m0/s1. The lowest BCUT2D eigenvalue weighted by Gasteiger charge is -2.50. The zero-order valence-electron chi connectivity index (χ0n) is 52.7. The highest BCUT2D eigenvalue weighted by atomic mass is 79.9. The van der Waals surface area contributed by atoms with Gasteiger partial charge in [0.1, 0.15) is 67.1 Å². The number of amides is 2. The van der Waals surface area contributed by atoms with Gasteiger partial charge in [-0.1, -0.05) is 208 Å². The number of halogens is 1. The van der Waals surface area contributed by atoms with Gasteiger partial charge in [-0.25, -0.2) is 4.79 Å². The van der Waals surface area contributed by atoms with Crippen molar-refractivity contribution in [2.24, 2.45) is 0 Å². The molecule has 0 bridgehead atoms. The fraction of sp³-hybridized carbons (Fsp3) is 0.831. The third-order valence-electron chi connectivity index (χ3n) is 17.2. The van der Waals surface area contributed by atoms with Gasteiger partial charge < -0.3 is 100 Å². The summed E-state index contributed by atoms with van der Waals surface area (Å²) in [6, 6.07) is 3.94. The number of hydrogen-bond acceptors (Lipinski definition) is 20. The molecule has 18 atom stereocenters. The number of carboxylic acid groups (broad SMARTS) is 1. The number of unbranched alkanes of at least 4 members (excludes halogenated alkanes) is 25. The topological polar surface area (TPSA) is 373 Å². The summed E-state index contributed by atoms with van der Waals surface area (Å²) >= 11 is 3.31. The highest BCUT2D eigenvalue weighted by molar-refractivity contribution is 9.10. The maximum absolute atomic E-state index is 13.4. The van der Waals surface area contributed by atoms with Crippen LogP contribution >= 0.6 is 15.9 Å². The van der Waals surface area contributed by atoms with Crippen molar-refractivity contribution in [1.29, 1.82) is 0 Å². The first-order valence-electron chi connectivity index (χ1n) is 33.3. The second-order valence-corrected chi connectivity index (χ2v) is 25.5. The third-order valence-corrected chi connectivity index (χ3v) is 17.7. The summed E-state index contributed by atoms with van der Waals surface area (Å²) in [5, 5.41) is 138. The fourth-order valence-electron chi connectivity index (χ4n) is 11.7. The van der Waals surface area contributed by atoms with Gasteiger partial charge in [0, 0.05) is 17.3 Å². The Bertz CT molecular complexity index is 2100. The largest absolute Gasteiger partial charge is 0.477 e. The number of aliphatic hydroxyl groups excluding tert-OH is 11. The van der Waals surface area contributed by atoms with Crippen molar-refractivity contribution < 1.29 is 104 Å². The Morgan fingerprint density at radius 2 is 1.17 bits per heavy atom. The van der Waals surface area contributed by atoms with E-state index < -0.39 is 155 Å². The average Bonchev–Trinajstić information content (AvgIpc) is 0.846. The summed E-state index contributed by atoms with van der Waals surface area (Å²) in [7, 11) is 0. The minimum Gasteiger partial charge on any atom is -0.477 e. The average molecular weight is 1340 g/mol. The van der Waals surface area contributed by atoms with Crippen LogP contribution in [0.1, 0.15) is 206 Å². The van der Waals surface area contributed by atoms with Crippen LogP contribution in [0, 0.1) is 0 Å². The van der Waals surface area contributed by atoms with Gasteiger partial charge in [-0.05, 0) is 37.0 Å². The Kier molecular flexibility index (Phi) is 38.8. The number of aliphatic carboxylic acids is 1. The van der Waals surface area contributed by atoms with Gasteiger partial charge in [-0.2, -0.15) is 0 Å². The van der Waals surface area contributed by atoms with Crippen molar-refractivity contribution in [1.82, 2.24) is 10.6 Å². The molecule has 3 fully saturated rings. The molecule has 3 aliphatic heterocycles. The number of allylic oxidation sites excluding steroid dienone is 1. The predicted molar refractivity (Wildman–Crippen MR) is 334 cm³/mol. The lowest BCUT2D eigenvalue weighted by Crippen LogP contribution is -2.71. The number of carbonyl (C=O) groups excluding carboxylic acids is 2. The van der Waals surface area contributed by atoms with E-state index in [9.17, 15) is 75.7 Å². The number of benzene rings is 1. The summed E-state index contributed by atoms with van der Waals surface area (Å²) in [5.74, 6) is -6.16. The molecular formula is C65H111BrN2O21. The Hall–Kier alpha value is -2.83. The summed E-state index contributed by atoms with van der Waals surface area (Å²) in [4.78, 5) is 39.9. The first-order chi connectivity index (χ1) is 42.8. The first kappa shape index (κ1) is 78.6. The van der Waals surface area contributed by atoms with Crippen LogP contribution in [0.15, 0.2) is 40.9 Å². The summed E-state index contributed by atoms with van der Waals surface area (Å²) < 4.78 is 35.8.